The Bertz CT molecular complexity index is 1290. The van der Waals surface area contributed by atoms with Gasteiger partial charge in [-0.05, 0) is 35.7 Å². The first-order chi connectivity index (χ1) is 12.6. The molecule has 13 heteroatoms. The maximum Gasteiger partial charge on any atom is 1.00 e. The van der Waals surface area contributed by atoms with Crippen molar-refractivity contribution in [2.24, 2.45) is 10.2 Å². The largest absolute Gasteiger partial charge is 1.00 e. The molecule has 3 aromatic carbocycles. The van der Waals surface area contributed by atoms with E-state index in [0.29, 0.717) is 11.8 Å². The van der Waals surface area contributed by atoms with E-state index in [9.17, 15) is 31.0 Å². The maximum absolute atomic E-state index is 11.8. The van der Waals surface area contributed by atoms with Gasteiger partial charge in [0.25, 0.3) is 20.2 Å². The number of benzene rings is 3. The zero-order chi connectivity index (χ0) is 19.8. The fourth-order valence-electron chi connectivity index (χ4n) is 2.43. The van der Waals surface area contributed by atoms with Crippen molar-refractivity contribution in [3.63, 3.8) is 0 Å². The van der Waals surface area contributed by atoms with E-state index in [2.05, 4.69) is 10.2 Å². The first kappa shape index (κ1) is 26.2. The Morgan fingerprint density at radius 1 is 0.793 bits per heavy atom. The van der Waals surface area contributed by atoms with Gasteiger partial charge < -0.3 is 7.96 Å². The molecule has 0 amide bonds. The molecule has 0 unspecified atom stereocenters. The normalized spacial score (nSPS) is 11.8. The Kier molecular flexibility index (Phi) is 8.99. The number of phenolic OH excluding ortho intramolecular Hbond substituents is 1. The second kappa shape index (κ2) is 9.96. The summed E-state index contributed by atoms with van der Waals surface area (Å²) in [4.78, 5) is -1.58. The van der Waals surface area contributed by atoms with Crippen LogP contribution in [-0.2, 0) is 20.2 Å². The molecule has 3 N–H and O–H groups in total. The predicted octanol–water partition coefficient (Wildman–Crippen LogP) is -2.31. The van der Waals surface area contributed by atoms with Crippen molar-refractivity contribution >= 4 is 42.4 Å². The SMILES string of the molecule is O=S(=O)(O)c1cc(S(=O)(=O)O)c2c(N=Nc3ccccc3)c(O)ccc2c1.[H-].[H-].[Na+].[Na+]. The van der Waals surface area contributed by atoms with Crippen LogP contribution in [0.1, 0.15) is 2.85 Å². The number of azo groups is 1. The smallest absolute Gasteiger partial charge is 1.00 e. The van der Waals surface area contributed by atoms with Gasteiger partial charge in [-0.1, -0.05) is 24.3 Å². The molecule has 0 aliphatic carbocycles. The third-order valence-electron chi connectivity index (χ3n) is 3.60. The van der Waals surface area contributed by atoms with Gasteiger partial charge in [0.05, 0.1) is 10.6 Å². The molecule has 0 atom stereocenters. The van der Waals surface area contributed by atoms with E-state index in [-0.39, 0.29) is 78.4 Å². The van der Waals surface area contributed by atoms with E-state index in [4.69, 9.17) is 0 Å². The zero-order valence-corrected chi connectivity index (χ0v) is 21.0. The topological polar surface area (TPSA) is 154 Å². The molecule has 144 valence electrons. The summed E-state index contributed by atoms with van der Waals surface area (Å²) >= 11 is 0. The van der Waals surface area contributed by atoms with Crippen LogP contribution in [0.15, 0.2) is 74.6 Å². The summed E-state index contributed by atoms with van der Waals surface area (Å²) in [7, 11) is -9.67. The minimum absolute atomic E-state index is 0. The average molecular weight is 456 g/mol. The number of hydrogen-bond acceptors (Lipinski definition) is 7. The van der Waals surface area contributed by atoms with E-state index >= 15 is 0 Å². The Hall–Kier alpha value is -0.860. The number of phenols is 1. The van der Waals surface area contributed by atoms with Crippen molar-refractivity contribution in [1.29, 1.82) is 0 Å². The average Bonchev–Trinajstić information content (AvgIpc) is 2.59. The summed E-state index contributed by atoms with van der Waals surface area (Å²) in [6.07, 6.45) is 0. The third kappa shape index (κ3) is 6.07. The van der Waals surface area contributed by atoms with Gasteiger partial charge in [-0.2, -0.15) is 21.9 Å². The van der Waals surface area contributed by atoms with E-state index in [1.165, 1.54) is 6.07 Å². The molecule has 3 rings (SSSR count). The quantitative estimate of drug-likeness (QED) is 0.226. The zero-order valence-electron chi connectivity index (χ0n) is 17.4. The van der Waals surface area contributed by atoms with Crippen LogP contribution in [0.2, 0.25) is 0 Å². The molecular weight excluding hydrogens is 442 g/mol. The molecule has 0 saturated heterocycles. The maximum atomic E-state index is 11.8. The molecule has 0 bridgehead atoms. The summed E-state index contributed by atoms with van der Waals surface area (Å²) < 4.78 is 65.1. The number of nitrogens with zero attached hydrogens (tertiary/aromatic N) is 2. The van der Waals surface area contributed by atoms with Crippen LogP contribution in [0, 0.1) is 0 Å². The molecule has 3 aromatic rings. The molecule has 0 aliphatic rings. The van der Waals surface area contributed by atoms with Crippen LogP contribution in [0.25, 0.3) is 10.8 Å². The molecule has 0 aliphatic heterocycles. The Morgan fingerprint density at radius 2 is 1.41 bits per heavy atom. The summed E-state index contributed by atoms with van der Waals surface area (Å²) in [5.41, 5.74) is 0.128. The molecule has 0 aromatic heterocycles. The van der Waals surface area contributed by atoms with Gasteiger partial charge in [0, 0.05) is 5.39 Å². The first-order valence-electron chi connectivity index (χ1n) is 7.29. The Balaban J connectivity index is 0. The molecule has 0 heterocycles. The Morgan fingerprint density at radius 3 is 1.97 bits per heavy atom. The summed E-state index contributed by atoms with van der Waals surface area (Å²) in [6.45, 7) is 0. The fourth-order valence-corrected chi connectivity index (χ4v) is 3.79. The van der Waals surface area contributed by atoms with Gasteiger partial charge in [-0.25, -0.2) is 0 Å². The van der Waals surface area contributed by atoms with Gasteiger partial charge in [0.1, 0.15) is 16.3 Å². The monoisotopic (exact) mass is 456 g/mol. The van der Waals surface area contributed by atoms with Gasteiger partial charge in [0.2, 0.25) is 0 Å². The predicted molar refractivity (Wildman–Crippen MR) is 98.1 cm³/mol. The van der Waals surface area contributed by atoms with Crippen molar-refractivity contribution in [1.82, 2.24) is 0 Å². The summed E-state index contributed by atoms with van der Waals surface area (Å²) in [5, 5.41) is 17.6. The van der Waals surface area contributed by atoms with Crippen LogP contribution in [0.4, 0.5) is 11.4 Å². The van der Waals surface area contributed by atoms with Gasteiger partial charge in [-0.15, -0.1) is 5.11 Å². The van der Waals surface area contributed by atoms with Gasteiger partial charge >= 0.3 is 59.1 Å². The third-order valence-corrected chi connectivity index (χ3v) is 5.31. The van der Waals surface area contributed by atoms with Gasteiger partial charge in [-0.3, -0.25) is 9.11 Å². The van der Waals surface area contributed by atoms with Gasteiger partial charge in [0.15, 0.2) is 0 Å². The number of aromatic hydroxyl groups is 1. The van der Waals surface area contributed by atoms with E-state index in [0.717, 1.165) is 12.1 Å². The molecule has 29 heavy (non-hydrogen) atoms. The van der Waals surface area contributed by atoms with Crippen LogP contribution in [0.5, 0.6) is 5.75 Å². The molecule has 0 radical (unpaired) electrons. The summed E-state index contributed by atoms with van der Waals surface area (Å²) in [5.74, 6) is -0.438. The second-order valence-corrected chi connectivity index (χ2v) is 8.25. The van der Waals surface area contributed by atoms with Crippen molar-refractivity contribution in [3.05, 3.63) is 54.6 Å². The molecule has 0 spiro atoms. The number of rotatable bonds is 4. The van der Waals surface area contributed by atoms with Crippen LogP contribution in [-0.4, -0.2) is 31.0 Å². The second-order valence-electron chi connectivity index (χ2n) is 5.44. The minimum atomic E-state index is -4.92. The molecule has 0 saturated carbocycles. The molecular formula is C16H14N2Na2O7S2. The first-order valence-corrected chi connectivity index (χ1v) is 10.2. The summed E-state index contributed by atoms with van der Waals surface area (Å²) in [6, 6.07) is 12.3. The minimum Gasteiger partial charge on any atom is -1.00 e. The Labute approximate surface area is 213 Å². The van der Waals surface area contributed by atoms with E-state index in [1.54, 1.807) is 30.3 Å². The van der Waals surface area contributed by atoms with E-state index in [1.807, 2.05) is 0 Å². The van der Waals surface area contributed by atoms with Crippen molar-refractivity contribution in [2.75, 3.05) is 0 Å². The van der Waals surface area contributed by atoms with Crippen molar-refractivity contribution in [3.8, 4) is 5.75 Å². The molecule has 9 nitrogen and oxygen atoms in total. The number of hydrogen-bond donors (Lipinski definition) is 3. The molecule has 0 fully saturated rings. The number of fused-ring (bicyclic) bond motifs is 1. The standard InChI is InChI=1S/C16H12N2O7S2.2Na.2H/c19-13-7-6-10-8-12(26(20,21)22)9-14(27(23,24)25)15(10)16(13)18-17-11-4-2-1-3-5-11;;;;/h1-9,19H,(H,20,21,22)(H,23,24,25);;;;/q;2*+1;2*-1. The van der Waals surface area contributed by atoms with Crippen LogP contribution in [0.3, 0.4) is 0 Å². The van der Waals surface area contributed by atoms with E-state index < -0.39 is 35.8 Å². The van der Waals surface area contributed by atoms with Crippen molar-refractivity contribution in [2.45, 2.75) is 9.79 Å². The van der Waals surface area contributed by atoms with Crippen LogP contribution < -0.4 is 59.1 Å². The van der Waals surface area contributed by atoms with Crippen molar-refractivity contribution < 1.29 is 93.0 Å². The fraction of sp³-hybridized carbons (Fsp3) is 0. The van der Waals surface area contributed by atoms with Crippen LogP contribution >= 0.6 is 0 Å².